The number of nitrogens with one attached hydrogen (secondary N) is 1. The Hall–Kier alpha value is -1.59. The van der Waals surface area contributed by atoms with Gasteiger partial charge in [-0.1, -0.05) is 18.9 Å². The third-order valence-electron chi connectivity index (χ3n) is 4.46. The molecule has 0 aliphatic heterocycles. The second-order valence-corrected chi connectivity index (χ2v) is 6.79. The largest absolute Gasteiger partial charge is 0.467 e. The number of carbonyl (C=O) groups is 1. The second kappa shape index (κ2) is 6.67. The average molecular weight is 319 g/mol. The number of amides is 1. The summed E-state index contributed by atoms with van der Waals surface area (Å²) in [6.45, 7) is 0.452. The van der Waals surface area contributed by atoms with Crippen LogP contribution in [0.15, 0.2) is 40.3 Å². The number of hydrogen-bond acceptors (Lipinski definition) is 4. The van der Waals surface area contributed by atoms with E-state index in [0.717, 1.165) is 30.6 Å². The highest BCUT2D eigenvalue weighted by Gasteiger charge is 2.43. The summed E-state index contributed by atoms with van der Waals surface area (Å²) in [5.74, 6) is 0.641. The molecule has 2 aromatic heterocycles. The molecule has 4 nitrogen and oxygen atoms in total. The van der Waals surface area contributed by atoms with Crippen molar-refractivity contribution in [2.24, 2.45) is 0 Å². The molecule has 1 aliphatic rings. The highest BCUT2D eigenvalue weighted by Crippen LogP contribution is 2.43. The highest BCUT2D eigenvalue weighted by molar-refractivity contribution is 7.10. The molecule has 5 heteroatoms. The van der Waals surface area contributed by atoms with Crippen molar-refractivity contribution in [1.82, 2.24) is 5.32 Å². The molecule has 2 aromatic rings. The zero-order valence-electron chi connectivity index (χ0n) is 12.5. The van der Waals surface area contributed by atoms with Gasteiger partial charge in [0.1, 0.15) is 11.9 Å². The fourth-order valence-electron chi connectivity index (χ4n) is 3.23. The number of hydrogen-bond donors (Lipinski definition) is 2. The fraction of sp³-hybridized carbons (Fsp3) is 0.471. The zero-order chi connectivity index (χ0) is 15.4. The summed E-state index contributed by atoms with van der Waals surface area (Å²) in [6.07, 6.45) is 5.36. The van der Waals surface area contributed by atoms with Gasteiger partial charge in [-0.2, -0.15) is 0 Å². The van der Waals surface area contributed by atoms with E-state index in [1.54, 1.807) is 29.7 Å². The van der Waals surface area contributed by atoms with Gasteiger partial charge in [-0.05, 0) is 42.8 Å². The molecule has 0 saturated heterocycles. The topological polar surface area (TPSA) is 62.5 Å². The van der Waals surface area contributed by atoms with E-state index < -0.39 is 6.10 Å². The second-order valence-electron chi connectivity index (χ2n) is 5.84. The number of thiophene rings is 1. The van der Waals surface area contributed by atoms with Gasteiger partial charge >= 0.3 is 0 Å². The molecule has 0 aromatic carbocycles. The van der Waals surface area contributed by atoms with Crippen molar-refractivity contribution in [3.63, 3.8) is 0 Å². The van der Waals surface area contributed by atoms with Crippen LogP contribution in [0.3, 0.4) is 0 Å². The molecule has 1 aliphatic carbocycles. The number of rotatable bonds is 6. The number of furan rings is 1. The maximum absolute atomic E-state index is 12.7. The lowest BCUT2D eigenvalue weighted by atomic mass is 9.83. The molecule has 3 rings (SSSR count). The molecule has 1 atom stereocenters. The first-order valence-corrected chi connectivity index (χ1v) is 8.64. The van der Waals surface area contributed by atoms with Crippen molar-refractivity contribution >= 4 is 17.2 Å². The van der Waals surface area contributed by atoms with Crippen LogP contribution in [0, 0.1) is 0 Å². The Kier molecular flexibility index (Phi) is 4.64. The summed E-state index contributed by atoms with van der Waals surface area (Å²) in [6, 6.07) is 7.57. The molecule has 118 valence electrons. The lowest BCUT2D eigenvalue weighted by Gasteiger charge is -2.26. The Bertz CT molecular complexity index is 585. The first-order chi connectivity index (χ1) is 10.7. The van der Waals surface area contributed by atoms with Crippen LogP contribution in [-0.4, -0.2) is 17.6 Å². The molecule has 0 bridgehead atoms. The minimum absolute atomic E-state index is 0.0964. The van der Waals surface area contributed by atoms with Gasteiger partial charge in [0.2, 0.25) is 5.91 Å². The smallest absolute Gasteiger partial charge is 0.231 e. The first kappa shape index (κ1) is 15.3. The summed E-state index contributed by atoms with van der Waals surface area (Å²) in [7, 11) is 0. The molecule has 0 radical (unpaired) electrons. The highest BCUT2D eigenvalue weighted by atomic mass is 32.1. The van der Waals surface area contributed by atoms with E-state index in [-0.39, 0.29) is 11.3 Å². The van der Waals surface area contributed by atoms with Gasteiger partial charge in [0.15, 0.2) is 0 Å². The van der Waals surface area contributed by atoms with Crippen molar-refractivity contribution in [1.29, 1.82) is 0 Å². The van der Waals surface area contributed by atoms with E-state index in [4.69, 9.17) is 4.42 Å². The summed E-state index contributed by atoms with van der Waals surface area (Å²) in [5.41, 5.74) is -0.357. The van der Waals surface area contributed by atoms with Crippen molar-refractivity contribution in [3.8, 4) is 0 Å². The Morgan fingerprint density at radius 1 is 1.36 bits per heavy atom. The molecule has 1 fully saturated rings. The van der Waals surface area contributed by atoms with Crippen molar-refractivity contribution in [2.45, 2.75) is 43.6 Å². The van der Waals surface area contributed by atoms with Gasteiger partial charge in [0, 0.05) is 11.4 Å². The van der Waals surface area contributed by atoms with Crippen molar-refractivity contribution < 1.29 is 14.3 Å². The molecule has 22 heavy (non-hydrogen) atoms. The van der Waals surface area contributed by atoms with Crippen LogP contribution in [0.25, 0.3) is 0 Å². The van der Waals surface area contributed by atoms with Crippen LogP contribution in [0.1, 0.15) is 48.8 Å². The quantitative estimate of drug-likeness (QED) is 0.858. The molecule has 1 amide bonds. The van der Waals surface area contributed by atoms with Crippen LogP contribution >= 0.6 is 11.3 Å². The maximum Gasteiger partial charge on any atom is 0.231 e. The van der Waals surface area contributed by atoms with Gasteiger partial charge in [-0.3, -0.25) is 4.79 Å². The lowest BCUT2D eigenvalue weighted by Crippen LogP contribution is -2.42. The standard InChI is InChI=1S/C17H21NO3S/c19-13(14-5-3-11-21-14)7-10-18-16(20)17(8-1-2-9-17)15-6-4-12-22-15/h3-6,11-13,19H,1-2,7-10H2,(H,18,20)/t13-/m1/s1. The van der Waals surface area contributed by atoms with Crippen LogP contribution in [0.2, 0.25) is 0 Å². The Morgan fingerprint density at radius 2 is 2.18 bits per heavy atom. The predicted octanol–water partition coefficient (Wildman–Crippen LogP) is 3.39. The van der Waals surface area contributed by atoms with Gasteiger partial charge in [-0.15, -0.1) is 11.3 Å². The lowest BCUT2D eigenvalue weighted by molar-refractivity contribution is -0.126. The van der Waals surface area contributed by atoms with Gasteiger partial charge in [0.25, 0.3) is 0 Å². The molecular formula is C17H21NO3S. The van der Waals surface area contributed by atoms with Gasteiger partial charge < -0.3 is 14.8 Å². The van der Waals surface area contributed by atoms with Crippen LogP contribution in [0.4, 0.5) is 0 Å². The van der Waals surface area contributed by atoms with E-state index in [2.05, 4.69) is 11.4 Å². The Morgan fingerprint density at radius 3 is 2.82 bits per heavy atom. The molecule has 0 spiro atoms. The third-order valence-corrected chi connectivity index (χ3v) is 5.53. The molecule has 2 N–H and O–H groups in total. The summed E-state index contributed by atoms with van der Waals surface area (Å²) in [4.78, 5) is 13.9. The summed E-state index contributed by atoms with van der Waals surface area (Å²) in [5, 5.41) is 15.0. The van der Waals surface area contributed by atoms with E-state index in [9.17, 15) is 9.90 Å². The molecule has 0 unspecified atom stereocenters. The van der Waals surface area contributed by atoms with E-state index in [1.807, 2.05) is 11.4 Å². The predicted molar refractivity (Wildman–Crippen MR) is 85.8 cm³/mol. The van der Waals surface area contributed by atoms with Crippen LogP contribution in [-0.2, 0) is 10.2 Å². The van der Waals surface area contributed by atoms with Crippen LogP contribution < -0.4 is 5.32 Å². The molecular weight excluding hydrogens is 298 g/mol. The Labute approximate surface area is 134 Å². The fourth-order valence-corrected chi connectivity index (χ4v) is 4.21. The third kappa shape index (κ3) is 2.96. The minimum Gasteiger partial charge on any atom is -0.467 e. The maximum atomic E-state index is 12.7. The average Bonchev–Trinajstić information content (AvgIpc) is 3.27. The van der Waals surface area contributed by atoms with Gasteiger partial charge in [0.05, 0.1) is 11.7 Å². The Balaban J connectivity index is 1.59. The normalized spacial score (nSPS) is 18.2. The van der Waals surface area contributed by atoms with E-state index >= 15 is 0 Å². The van der Waals surface area contributed by atoms with Crippen molar-refractivity contribution in [3.05, 3.63) is 46.5 Å². The molecule has 2 heterocycles. The number of aliphatic hydroxyl groups excluding tert-OH is 1. The van der Waals surface area contributed by atoms with E-state index in [0.29, 0.717) is 18.7 Å². The van der Waals surface area contributed by atoms with Gasteiger partial charge in [-0.25, -0.2) is 0 Å². The summed E-state index contributed by atoms with van der Waals surface area (Å²) >= 11 is 1.66. The number of aliphatic hydroxyl groups is 1. The monoisotopic (exact) mass is 319 g/mol. The molecule has 1 saturated carbocycles. The van der Waals surface area contributed by atoms with E-state index in [1.165, 1.54) is 0 Å². The number of carbonyl (C=O) groups excluding carboxylic acids is 1. The minimum atomic E-state index is -0.670. The SMILES string of the molecule is O=C(NCC[C@@H](O)c1ccco1)C1(c2cccs2)CCCC1. The van der Waals surface area contributed by atoms with Crippen LogP contribution in [0.5, 0.6) is 0 Å². The summed E-state index contributed by atoms with van der Waals surface area (Å²) < 4.78 is 5.17. The zero-order valence-corrected chi connectivity index (χ0v) is 13.3. The first-order valence-electron chi connectivity index (χ1n) is 7.76. The van der Waals surface area contributed by atoms with Crippen molar-refractivity contribution in [2.75, 3.05) is 6.54 Å².